The van der Waals surface area contributed by atoms with Gasteiger partial charge in [0.25, 0.3) is 0 Å². The van der Waals surface area contributed by atoms with Crippen molar-refractivity contribution in [1.29, 1.82) is 0 Å². The minimum atomic E-state index is 0.214. The Kier molecular flexibility index (Phi) is 3.71. The first kappa shape index (κ1) is 9.99. The summed E-state index contributed by atoms with van der Waals surface area (Å²) in [5.74, 6) is 0.913. The first-order chi connectivity index (χ1) is 6.26. The molecule has 0 saturated carbocycles. The Morgan fingerprint density at radius 1 is 1.54 bits per heavy atom. The van der Waals surface area contributed by atoms with Crippen LogP contribution in [0.5, 0.6) is 5.88 Å². The fraction of sp³-hybridized carbons (Fsp3) is 0.500. The lowest BCUT2D eigenvalue weighted by molar-refractivity contribution is 0.237. The maximum atomic E-state index is 8.85. The molecule has 0 spiro atoms. The number of methoxy groups -OCH3 is 1. The molecular formula is C10H15NO2. The molecule has 3 heteroatoms. The van der Waals surface area contributed by atoms with Gasteiger partial charge in [-0.1, -0.05) is 13.0 Å². The Morgan fingerprint density at radius 2 is 2.31 bits per heavy atom. The van der Waals surface area contributed by atoms with E-state index in [2.05, 4.69) is 4.98 Å². The van der Waals surface area contributed by atoms with Crippen LogP contribution in [0.4, 0.5) is 0 Å². The van der Waals surface area contributed by atoms with Gasteiger partial charge in [-0.2, -0.15) is 0 Å². The number of pyridine rings is 1. The van der Waals surface area contributed by atoms with E-state index in [9.17, 15) is 0 Å². The van der Waals surface area contributed by atoms with Crippen molar-refractivity contribution in [3.8, 4) is 5.88 Å². The Morgan fingerprint density at radius 3 is 2.77 bits per heavy atom. The second kappa shape index (κ2) is 4.82. The van der Waals surface area contributed by atoms with E-state index in [0.717, 1.165) is 12.0 Å². The summed E-state index contributed by atoms with van der Waals surface area (Å²) in [7, 11) is 1.60. The highest BCUT2D eigenvalue weighted by Gasteiger charge is 2.02. The maximum Gasteiger partial charge on any atom is 0.212 e. The molecule has 1 N–H and O–H groups in total. The van der Waals surface area contributed by atoms with Crippen molar-refractivity contribution in [3.63, 3.8) is 0 Å². The lowest BCUT2D eigenvalue weighted by Crippen LogP contribution is -2.04. The van der Waals surface area contributed by atoms with E-state index in [0.29, 0.717) is 5.88 Å². The van der Waals surface area contributed by atoms with Crippen molar-refractivity contribution in [2.75, 3.05) is 13.7 Å². The maximum absolute atomic E-state index is 8.85. The van der Waals surface area contributed by atoms with E-state index in [-0.39, 0.29) is 12.5 Å². The van der Waals surface area contributed by atoms with Crippen molar-refractivity contribution in [1.82, 2.24) is 4.98 Å². The third-order valence-electron chi connectivity index (χ3n) is 1.90. The molecule has 0 fully saturated rings. The van der Waals surface area contributed by atoms with Crippen LogP contribution in [0, 0.1) is 5.92 Å². The Hall–Kier alpha value is -1.09. The van der Waals surface area contributed by atoms with Crippen LogP contribution in [0.25, 0.3) is 0 Å². The molecule has 1 rings (SSSR count). The van der Waals surface area contributed by atoms with Crippen LogP contribution < -0.4 is 4.74 Å². The predicted octanol–water partition coefficient (Wildman–Crippen LogP) is 1.26. The highest BCUT2D eigenvalue weighted by molar-refractivity contribution is 5.17. The molecule has 0 aliphatic heterocycles. The molecule has 1 aromatic rings. The Labute approximate surface area is 78.4 Å². The van der Waals surface area contributed by atoms with Gasteiger partial charge in [-0.05, 0) is 17.9 Å². The lowest BCUT2D eigenvalue weighted by Gasteiger charge is -2.07. The highest BCUT2D eigenvalue weighted by atomic mass is 16.5. The second-order valence-corrected chi connectivity index (χ2v) is 3.20. The summed E-state index contributed by atoms with van der Waals surface area (Å²) in [6.07, 6.45) is 2.64. The second-order valence-electron chi connectivity index (χ2n) is 3.20. The molecule has 0 aliphatic carbocycles. The monoisotopic (exact) mass is 181 g/mol. The van der Waals surface area contributed by atoms with Crippen LogP contribution in [0.15, 0.2) is 18.3 Å². The van der Waals surface area contributed by atoms with Crippen molar-refractivity contribution < 1.29 is 9.84 Å². The van der Waals surface area contributed by atoms with Gasteiger partial charge in [0.05, 0.1) is 7.11 Å². The van der Waals surface area contributed by atoms with Gasteiger partial charge in [0, 0.05) is 18.9 Å². The van der Waals surface area contributed by atoms with Crippen LogP contribution in [0.3, 0.4) is 0 Å². The summed E-state index contributed by atoms with van der Waals surface area (Å²) in [5, 5.41) is 8.85. The van der Waals surface area contributed by atoms with Crippen LogP contribution >= 0.6 is 0 Å². The predicted molar refractivity (Wildman–Crippen MR) is 50.7 cm³/mol. The zero-order chi connectivity index (χ0) is 9.68. The van der Waals surface area contributed by atoms with Crippen LogP contribution in [0.2, 0.25) is 0 Å². The van der Waals surface area contributed by atoms with Gasteiger partial charge in [-0.15, -0.1) is 0 Å². The largest absolute Gasteiger partial charge is 0.481 e. The third-order valence-corrected chi connectivity index (χ3v) is 1.90. The van der Waals surface area contributed by atoms with E-state index >= 15 is 0 Å². The lowest BCUT2D eigenvalue weighted by atomic mass is 10.0. The molecule has 0 amide bonds. The first-order valence-electron chi connectivity index (χ1n) is 4.36. The summed E-state index contributed by atoms with van der Waals surface area (Å²) < 4.78 is 4.94. The fourth-order valence-electron chi connectivity index (χ4n) is 1.12. The smallest absolute Gasteiger partial charge is 0.212 e. The van der Waals surface area contributed by atoms with E-state index in [1.54, 1.807) is 13.3 Å². The van der Waals surface area contributed by atoms with E-state index < -0.39 is 0 Å². The standard InChI is InChI=1S/C10H15NO2/c1-8(7-12)5-9-3-4-10(13-2)11-6-9/h3-4,6,8,12H,5,7H2,1-2H3. The Balaban J connectivity index is 2.58. The third kappa shape index (κ3) is 3.03. The number of hydrogen-bond acceptors (Lipinski definition) is 3. The molecular weight excluding hydrogens is 166 g/mol. The number of aliphatic hydroxyl groups excluding tert-OH is 1. The summed E-state index contributed by atoms with van der Waals surface area (Å²) in [6, 6.07) is 3.80. The summed E-state index contributed by atoms with van der Waals surface area (Å²) in [5.41, 5.74) is 1.13. The van der Waals surface area contributed by atoms with Crippen molar-refractivity contribution in [2.24, 2.45) is 5.92 Å². The van der Waals surface area contributed by atoms with Gasteiger partial charge >= 0.3 is 0 Å². The molecule has 0 radical (unpaired) electrons. The molecule has 0 bridgehead atoms. The van der Waals surface area contributed by atoms with Crippen molar-refractivity contribution >= 4 is 0 Å². The van der Waals surface area contributed by atoms with Crippen LogP contribution in [-0.4, -0.2) is 23.8 Å². The molecule has 1 unspecified atom stereocenters. The normalized spacial score (nSPS) is 12.5. The molecule has 1 atom stereocenters. The highest BCUT2D eigenvalue weighted by Crippen LogP contribution is 2.10. The molecule has 0 aliphatic rings. The van der Waals surface area contributed by atoms with Gasteiger partial charge in [0.2, 0.25) is 5.88 Å². The minimum absolute atomic E-state index is 0.214. The molecule has 13 heavy (non-hydrogen) atoms. The SMILES string of the molecule is COc1ccc(CC(C)CO)cn1. The van der Waals surface area contributed by atoms with Crippen molar-refractivity contribution in [3.05, 3.63) is 23.9 Å². The minimum Gasteiger partial charge on any atom is -0.481 e. The number of aliphatic hydroxyl groups is 1. The van der Waals surface area contributed by atoms with Crippen molar-refractivity contribution in [2.45, 2.75) is 13.3 Å². The molecule has 1 aromatic heterocycles. The van der Waals surface area contributed by atoms with Gasteiger partial charge in [0.15, 0.2) is 0 Å². The van der Waals surface area contributed by atoms with Gasteiger partial charge in [-0.25, -0.2) is 4.98 Å². The Bertz CT molecular complexity index is 246. The zero-order valence-electron chi connectivity index (χ0n) is 8.03. The van der Waals surface area contributed by atoms with Gasteiger partial charge in [0.1, 0.15) is 0 Å². The number of aromatic nitrogens is 1. The molecule has 72 valence electrons. The van der Waals surface area contributed by atoms with E-state index in [1.807, 2.05) is 19.1 Å². The molecule has 1 heterocycles. The summed E-state index contributed by atoms with van der Waals surface area (Å²) in [4.78, 5) is 4.08. The first-order valence-corrected chi connectivity index (χ1v) is 4.36. The van der Waals surface area contributed by atoms with Crippen LogP contribution in [-0.2, 0) is 6.42 Å². The number of ether oxygens (including phenoxy) is 1. The van der Waals surface area contributed by atoms with Gasteiger partial charge < -0.3 is 9.84 Å². The topological polar surface area (TPSA) is 42.4 Å². The number of nitrogens with zero attached hydrogens (tertiary/aromatic N) is 1. The van der Waals surface area contributed by atoms with Gasteiger partial charge in [-0.3, -0.25) is 0 Å². The quantitative estimate of drug-likeness (QED) is 0.760. The fourth-order valence-corrected chi connectivity index (χ4v) is 1.12. The average molecular weight is 181 g/mol. The van der Waals surface area contributed by atoms with E-state index in [4.69, 9.17) is 9.84 Å². The summed E-state index contributed by atoms with van der Waals surface area (Å²) in [6.45, 7) is 2.22. The number of rotatable bonds is 4. The van der Waals surface area contributed by atoms with Crippen LogP contribution in [0.1, 0.15) is 12.5 Å². The summed E-state index contributed by atoms with van der Waals surface area (Å²) >= 11 is 0. The number of hydrogen-bond donors (Lipinski definition) is 1. The van der Waals surface area contributed by atoms with E-state index in [1.165, 1.54) is 0 Å². The molecule has 3 nitrogen and oxygen atoms in total. The molecule has 0 aromatic carbocycles. The average Bonchev–Trinajstić information content (AvgIpc) is 2.19. The molecule has 0 saturated heterocycles. The zero-order valence-corrected chi connectivity index (χ0v) is 8.03.